The van der Waals surface area contributed by atoms with Gasteiger partial charge in [-0.2, -0.15) is 0 Å². The van der Waals surface area contributed by atoms with Gasteiger partial charge in [-0.3, -0.25) is 4.90 Å². The zero-order valence-electron chi connectivity index (χ0n) is 10.0. The van der Waals surface area contributed by atoms with Gasteiger partial charge in [0, 0.05) is 18.2 Å². The van der Waals surface area contributed by atoms with Crippen LogP contribution in [-0.2, 0) is 6.54 Å². The Morgan fingerprint density at radius 1 is 1.29 bits per heavy atom. The molecule has 0 bridgehead atoms. The molecular formula is C13H18F2N2. The lowest BCUT2D eigenvalue weighted by atomic mass is 10.0. The van der Waals surface area contributed by atoms with Gasteiger partial charge in [0.25, 0.3) is 0 Å². The standard InChI is InChI=1S/C13H18F2N2/c1-16-11-5-7-17(8-6-11)9-10-3-2-4-12(14)13(10)15/h2-4,11,16H,5-9H2,1H3. The molecule has 2 rings (SSSR count). The third-order valence-corrected chi connectivity index (χ3v) is 3.42. The van der Waals surface area contributed by atoms with E-state index in [2.05, 4.69) is 10.2 Å². The predicted molar refractivity (Wildman–Crippen MR) is 63.7 cm³/mol. The van der Waals surface area contributed by atoms with E-state index in [0.717, 1.165) is 32.0 Å². The van der Waals surface area contributed by atoms with Gasteiger partial charge < -0.3 is 5.32 Å². The average Bonchev–Trinajstić information content (AvgIpc) is 2.36. The van der Waals surface area contributed by atoms with Gasteiger partial charge in [-0.25, -0.2) is 8.78 Å². The van der Waals surface area contributed by atoms with Crippen LogP contribution in [0.3, 0.4) is 0 Å². The zero-order valence-corrected chi connectivity index (χ0v) is 10.0. The Morgan fingerprint density at radius 2 is 2.00 bits per heavy atom. The van der Waals surface area contributed by atoms with Crippen molar-refractivity contribution < 1.29 is 8.78 Å². The molecule has 0 unspecified atom stereocenters. The van der Waals surface area contributed by atoms with Crippen molar-refractivity contribution in [2.75, 3.05) is 20.1 Å². The van der Waals surface area contributed by atoms with E-state index in [1.807, 2.05) is 7.05 Å². The molecule has 0 aromatic heterocycles. The van der Waals surface area contributed by atoms with E-state index < -0.39 is 11.6 Å². The monoisotopic (exact) mass is 240 g/mol. The van der Waals surface area contributed by atoms with Crippen LogP contribution in [-0.4, -0.2) is 31.1 Å². The SMILES string of the molecule is CNC1CCN(Cc2cccc(F)c2F)CC1. The van der Waals surface area contributed by atoms with Gasteiger partial charge in [0.05, 0.1) is 0 Å². The van der Waals surface area contributed by atoms with E-state index in [0.29, 0.717) is 18.2 Å². The van der Waals surface area contributed by atoms with Crippen LogP contribution in [0, 0.1) is 11.6 Å². The van der Waals surface area contributed by atoms with Gasteiger partial charge in [0.1, 0.15) is 0 Å². The molecule has 1 aromatic rings. The lowest BCUT2D eigenvalue weighted by Crippen LogP contribution is -2.40. The molecule has 1 N–H and O–H groups in total. The number of hydrogen-bond acceptors (Lipinski definition) is 2. The van der Waals surface area contributed by atoms with E-state index in [1.54, 1.807) is 12.1 Å². The smallest absolute Gasteiger partial charge is 0.163 e. The largest absolute Gasteiger partial charge is 0.317 e. The minimum absolute atomic E-state index is 0.452. The van der Waals surface area contributed by atoms with Crippen molar-refractivity contribution in [3.05, 3.63) is 35.4 Å². The highest BCUT2D eigenvalue weighted by molar-refractivity contribution is 5.18. The number of piperidine rings is 1. The average molecular weight is 240 g/mol. The fourth-order valence-corrected chi connectivity index (χ4v) is 2.29. The summed E-state index contributed by atoms with van der Waals surface area (Å²) in [5, 5.41) is 3.25. The second kappa shape index (κ2) is 5.56. The maximum Gasteiger partial charge on any atom is 0.163 e. The lowest BCUT2D eigenvalue weighted by molar-refractivity contribution is 0.192. The molecule has 17 heavy (non-hydrogen) atoms. The number of rotatable bonds is 3. The third kappa shape index (κ3) is 3.01. The van der Waals surface area contributed by atoms with Crippen molar-refractivity contribution in [3.8, 4) is 0 Å². The van der Waals surface area contributed by atoms with Gasteiger partial charge in [-0.05, 0) is 39.0 Å². The first-order valence-electron chi connectivity index (χ1n) is 6.03. The highest BCUT2D eigenvalue weighted by Crippen LogP contribution is 2.17. The van der Waals surface area contributed by atoms with Crippen molar-refractivity contribution in [3.63, 3.8) is 0 Å². The molecule has 0 saturated carbocycles. The molecule has 1 heterocycles. The summed E-state index contributed by atoms with van der Waals surface area (Å²) < 4.78 is 26.5. The summed E-state index contributed by atoms with van der Waals surface area (Å²) in [5.74, 6) is -1.46. The molecule has 94 valence electrons. The molecule has 1 saturated heterocycles. The van der Waals surface area contributed by atoms with Crippen LogP contribution in [0.15, 0.2) is 18.2 Å². The van der Waals surface area contributed by atoms with Crippen molar-refractivity contribution in [1.29, 1.82) is 0 Å². The van der Waals surface area contributed by atoms with Crippen LogP contribution < -0.4 is 5.32 Å². The minimum Gasteiger partial charge on any atom is -0.317 e. The van der Waals surface area contributed by atoms with Crippen LogP contribution >= 0.6 is 0 Å². The Bertz CT molecular complexity index is 374. The van der Waals surface area contributed by atoms with Crippen LogP contribution in [0.5, 0.6) is 0 Å². The second-order valence-corrected chi connectivity index (χ2v) is 4.55. The first-order valence-corrected chi connectivity index (χ1v) is 6.03. The molecule has 2 nitrogen and oxygen atoms in total. The normalized spacial score (nSPS) is 18.5. The molecule has 1 aromatic carbocycles. The molecule has 1 aliphatic heterocycles. The van der Waals surface area contributed by atoms with E-state index in [9.17, 15) is 8.78 Å². The van der Waals surface area contributed by atoms with Gasteiger partial charge in [-0.15, -0.1) is 0 Å². The number of benzene rings is 1. The number of likely N-dealkylation sites (tertiary alicyclic amines) is 1. The van der Waals surface area contributed by atoms with Gasteiger partial charge in [-0.1, -0.05) is 12.1 Å². The van der Waals surface area contributed by atoms with Gasteiger partial charge in [0.15, 0.2) is 11.6 Å². The van der Waals surface area contributed by atoms with E-state index >= 15 is 0 Å². The summed E-state index contributed by atoms with van der Waals surface area (Å²) in [4.78, 5) is 2.17. The first-order chi connectivity index (χ1) is 8.20. The summed E-state index contributed by atoms with van der Waals surface area (Å²) in [6.07, 6.45) is 2.13. The number of halogens is 2. The topological polar surface area (TPSA) is 15.3 Å². The maximum atomic E-state index is 13.5. The van der Waals surface area contributed by atoms with Crippen molar-refractivity contribution in [2.45, 2.75) is 25.4 Å². The Balaban J connectivity index is 1.95. The Labute approximate surface area is 101 Å². The van der Waals surface area contributed by atoms with Crippen LogP contribution in [0.4, 0.5) is 8.78 Å². The van der Waals surface area contributed by atoms with Crippen LogP contribution in [0.2, 0.25) is 0 Å². The predicted octanol–water partition coefficient (Wildman–Crippen LogP) is 2.15. The summed E-state index contributed by atoms with van der Waals surface area (Å²) in [5.41, 5.74) is 0.452. The van der Waals surface area contributed by atoms with E-state index in [1.165, 1.54) is 0 Å². The van der Waals surface area contributed by atoms with Crippen molar-refractivity contribution >= 4 is 0 Å². The van der Waals surface area contributed by atoms with E-state index in [-0.39, 0.29) is 0 Å². The van der Waals surface area contributed by atoms with Crippen LogP contribution in [0.1, 0.15) is 18.4 Å². The quantitative estimate of drug-likeness (QED) is 0.871. The Morgan fingerprint density at radius 3 is 2.65 bits per heavy atom. The highest BCUT2D eigenvalue weighted by Gasteiger charge is 2.19. The maximum absolute atomic E-state index is 13.5. The lowest BCUT2D eigenvalue weighted by Gasteiger charge is -2.31. The Kier molecular flexibility index (Phi) is 4.07. The number of hydrogen-bond donors (Lipinski definition) is 1. The number of nitrogens with zero attached hydrogens (tertiary/aromatic N) is 1. The molecule has 0 spiro atoms. The molecular weight excluding hydrogens is 222 g/mol. The molecule has 0 aliphatic carbocycles. The van der Waals surface area contributed by atoms with Crippen molar-refractivity contribution in [2.24, 2.45) is 0 Å². The van der Waals surface area contributed by atoms with Gasteiger partial charge >= 0.3 is 0 Å². The fraction of sp³-hybridized carbons (Fsp3) is 0.538. The fourth-order valence-electron chi connectivity index (χ4n) is 2.29. The van der Waals surface area contributed by atoms with Crippen molar-refractivity contribution in [1.82, 2.24) is 10.2 Å². The zero-order chi connectivity index (χ0) is 12.3. The molecule has 0 radical (unpaired) electrons. The Hall–Kier alpha value is -1.00. The van der Waals surface area contributed by atoms with Gasteiger partial charge in [0.2, 0.25) is 0 Å². The van der Waals surface area contributed by atoms with E-state index in [4.69, 9.17) is 0 Å². The second-order valence-electron chi connectivity index (χ2n) is 4.55. The summed E-state index contributed by atoms with van der Waals surface area (Å²) in [7, 11) is 1.96. The number of nitrogens with one attached hydrogen (secondary N) is 1. The highest BCUT2D eigenvalue weighted by atomic mass is 19.2. The first kappa shape index (κ1) is 12.5. The minimum atomic E-state index is -0.757. The molecule has 0 amide bonds. The molecule has 0 atom stereocenters. The summed E-state index contributed by atoms with van der Waals surface area (Å²) in [6.45, 7) is 2.36. The molecule has 1 aliphatic rings. The molecule has 4 heteroatoms. The molecule has 1 fully saturated rings. The third-order valence-electron chi connectivity index (χ3n) is 3.42. The van der Waals surface area contributed by atoms with Crippen LogP contribution in [0.25, 0.3) is 0 Å². The summed E-state index contributed by atoms with van der Waals surface area (Å²) in [6, 6.07) is 4.94. The summed E-state index contributed by atoms with van der Waals surface area (Å²) >= 11 is 0.